The van der Waals surface area contributed by atoms with Crippen LogP contribution in [0.3, 0.4) is 0 Å². The van der Waals surface area contributed by atoms with Gasteiger partial charge in [0.15, 0.2) is 10.9 Å². The molecule has 0 unspecified atom stereocenters. The van der Waals surface area contributed by atoms with Crippen molar-refractivity contribution >= 4 is 35.1 Å². The van der Waals surface area contributed by atoms with Crippen LogP contribution >= 0.6 is 23.2 Å². The number of carbonyl (C=O) groups is 2. The first-order valence-corrected chi connectivity index (χ1v) is 23.2. The number of rotatable bonds is 19. The third kappa shape index (κ3) is 9.44. The second-order valence-electron chi connectivity index (χ2n) is 17.1. The van der Waals surface area contributed by atoms with Crippen LogP contribution in [0.15, 0.2) is 58.4 Å². The molecule has 0 aliphatic carbocycles. The van der Waals surface area contributed by atoms with Crippen molar-refractivity contribution < 1.29 is 58.1 Å². The molecule has 18 nitrogen and oxygen atoms in total. The van der Waals surface area contributed by atoms with Crippen LogP contribution in [0.1, 0.15) is 89.4 Å². The topological polar surface area (TPSA) is 210 Å². The summed E-state index contributed by atoms with van der Waals surface area (Å²) in [5, 5.41) is 34.9. The number of aliphatic hydroxyl groups is 2. The van der Waals surface area contributed by atoms with Crippen LogP contribution in [0.5, 0.6) is 11.5 Å². The Balaban J connectivity index is 0.000000201. The largest absolute Gasteiger partial charge is 0.492 e. The van der Waals surface area contributed by atoms with Gasteiger partial charge >= 0.3 is 11.9 Å². The zero-order chi connectivity index (χ0) is 48.9. The molecule has 6 heterocycles. The average Bonchev–Trinajstić information content (AvgIpc) is 3.90. The monoisotopic (exact) mass is 984 g/mol. The number of aromatic carboxylic acids is 1. The number of aromatic nitrogens is 2. The standard InChI is InChI=1S/2C24H29ClN2O7/c1-31-7-4-8-34-22-10-16-15(9-18(22)25)20-11-21(28)17(23(29)30)12-26(20)27-19(16)5-6-24(27,13-32-2)14-33-3;1-3-33-23(31)17-12-26-20(11-21(17)30)15-9-18(25)22(34-8-4-7-32-2)10-16(15)19-5-6-24(13-28,14-29)27(19)26/h9-12,19H,4-8,13-14H2,1-3H3,(H,29,30);9-12,19,28-29H,3-8,13-14H2,1-2H3/t2*19-/m11/s1. The van der Waals surface area contributed by atoms with E-state index in [9.17, 15) is 34.5 Å². The lowest BCUT2D eigenvalue weighted by molar-refractivity contribution is 0.0521. The van der Waals surface area contributed by atoms with Crippen LogP contribution in [-0.2, 0) is 23.7 Å². The molecule has 0 amide bonds. The SMILES string of the molecule is CCOC(=O)c1cn2c(cc1=O)-c1cc(Cl)c(OCCCOC)cc1[C@H]1CCC(CO)(CO)N12.COCCCOc1cc2c(cc1Cl)-c1cc(=O)c(C(=O)O)cn1N1[C@@H]2CCC1(COC)COC. The molecule has 4 aromatic rings. The molecular weight excluding hydrogens is 927 g/mol. The second kappa shape index (κ2) is 21.6. The molecule has 8 rings (SSSR count). The number of carboxylic acid groups (broad SMARTS) is 1. The molecule has 2 atom stereocenters. The fraction of sp³-hybridized carbons (Fsp3) is 0.500. The smallest absolute Gasteiger partial charge is 0.343 e. The van der Waals surface area contributed by atoms with Crippen molar-refractivity contribution in [2.24, 2.45) is 0 Å². The van der Waals surface area contributed by atoms with Crippen molar-refractivity contribution in [3.8, 4) is 34.0 Å². The highest BCUT2D eigenvalue weighted by molar-refractivity contribution is 6.32. The van der Waals surface area contributed by atoms with Gasteiger partial charge in [-0.05, 0) is 68.0 Å². The highest BCUT2D eigenvalue weighted by atomic mass is 35.5. The molecule has 4 aliphatic rings. The van der Waals surface area contributed by atoms with E-state index in [1.54, 1.807) is 56.8 Å². The summed E-state index contributed by atoms with van der Waals surface area (Å²) in [6.45, 7) is 3.96. The van der Waals surface area contributed by atoms with Crippen LogP contribution in [-0.4, -0.2) is 136 Å². The summed E-state index contributed by atoms with van der Waals surface area (Å²) in [7, 11) is 6.52. The van der Waals surface area contributed by atoms with Gasteiger partial charge in [-0.2, -0.15) is 0 Å². The predicted octanol–water partition coefficient (Wildman–Crippen LogP) is 5.37. The summed E-state index contributed by atoms with van der Waals surface area (Å²) in [6, 6.07) is 9.71. The lowest BCUT2D eigenvalue weighted by Gasteiger charge is -2.47. The van der Waals surface area contributed by atoms with Gasteiger partial charge in [0, 0.05) is 90.1 Å². The van der Waals surface area contributed by atoms with Gasteiger partial charge < -0.3 is 48.5 Å². The van der Waals surface area contributed by atoms with E-state index in [4.69, 9.17) is 56.4 Å². The first kappa shape index (κ1) is 50.7. The minimum atomic E-state index is -1.27. The van der Waals surface area contributed by atoms with Gasteiger partial charge in [0.25, 0.3) is 0 Å². The van der Waals surface area contributed by atoms with E-state index in [-0.39, 0.29) is 43.0 Å². The number of hydrogen-bond donors (Lipinski definition) is 3. The number of fused-ring (bicyclic) bond motifs is 12. The summed E-state index contributed by atoms with van der Waals surface area (Å²) in [6.07, 6.45) is 6.92. The van der Waals surface area contributed by atoms with Crippen LogP contribution in [0, 0.1) is 0 Å². The molecule has 68 heavy (non-hydrogen) atoms. The molecule has 0 spiro atoms. The Labute approximate surface area is 403 Å². The average molecular weight is 986 g/mol. The first-order chi connectivity index (χ1) is 32.8. The number of hydrogen-bond acceptors (Lipinski definition) is 15. The fourth-order valence-electron chi connectivity index (χ4n) is 9.94. The van der Waals surface area contributed by atoms with E-state index in [1.807, 2.05) is 17.1 Å². The second-order valence-corrected chi connectivity index (χ2v) is 18.0. The van der Waals surface area contributed by atoms with Crippen molar-refractivity contribution in [2.75, 3.05) is 97.9 Å². The first-order valence-electron chi connectivity index (χ1n) is 22.4. The number of esters is 1. The van der Waals surface area contributed by atoms with Gasteiger partial charge in [0.05, 0.1) is 79.8 Å². The maximum absolute atomic E-state index is 12.9. The number of carbonyl (C=O) groups excluding carboxylic acids is 1. The molecular formula is C48H58Cl2N4O14. The number of aliphatic hydroxyl groups excluding tert-OH is 2. The summed E-state index contributed by atoms with van der Waals surface area (Å²) < 4.78 is 41.6. The van der Waals surface area contributed by atoms with Crippen LogP contribution in [0.4, 0.5) is 0 Å². The Bertz CT molecular complexity index is 2610. The zero-order valence-electron chi connectivity index (χ0n) is 38.8. The molecule has 2 aromatic carbocycles. The number of methoxy groups -OCH3 is 4. The van der Waals surface area contributed by atoms with Crippen molar-refractivity contribution in [1.29, 1.82) is 0 Å². The zero-order valence-corrected chi connectivity index (χ0v) is 40.3. The number of benzene rings is 2. The van der Waals surface area contributed by atoms with Gasteiger partial charge in [-0.15, -0.1) is 0 Å². The van der Waals surface area contributed by atoms with Crippen molar-refractivity contribution in [3.05, 3.63) is 102 Å². The Hall–Kier alpha value is -5.18. The summed E-state index contributed by atoms with van der Waals surface area (Å²) in [5.74, 6) is -0.921. The van der Waals surface area contributed by atoms with E-state index >= 15 is 0 Å². The highest BCUT2D eigenvalue weighted by Crippen LogP contribution is 2.52. The van der Waals surface area contributed by atoms with Crippen LogP contribution < -0.4 is 30.3 Å². The lowest BCUT2D eigenvalue weighted by atomic mass is 9.94. The van der Waals surface area contributed by atoms with Gasteiger partial charge in [-0.3, -0.25) is 29.0 Å². The molecule has 368 valence electrons. The maximum Gasteiger partial charge on any atom is 0.343 e. The highest BCUT2D eigenvalue weighted by Gasteiger charge is 2.52. The Morgan fingerprint density at radius 1 is 0.662 bits per heavy atom. The summed E-state index contributed by atoms with van der Waals surface area (Å²) >= 11 is 13.1. The van der Waals surface area contributed by atoms with E-state index in [0.29, 0.717) is 91.8 Å². The van der Waals surface area contributed by atoms with E-state index in [2.05, 4.69) is 5.01 Å². The molecule has 0 radical (unpaired) electrons. The molecule has 4 aliphatic heterocycles. The van der Waals surface area contributed by atoms with Crippen molar-refractivity contribution in [2.45, 2.75) is 68.6 Å². The molecule has 3 N–H and O–H groups in total. The summed E-state index contributed by atoms with van der Waals surface area (Å²) in [4.78, 5) is 49.7. The number of nitrogens with zero attached hydrogens (tertiary/aromatic N) is 4. The number of halogens is 2. The van der Waals surface area contributed by atoms with Crippen LogP contribution in [0.25, 0.3) is 22.5 Å². The van der Waals surface area contributed by atoms with Crippen LogP contribution in [0.2, 0.25) is 10.0 Å². The molecule has 2 aromatic heterocycles. The summed E-state index contributed by atoms with van der Waals surface area (Å²) in [5.41, 5.74) is 1.41. The van der Waals surface area contributed by atoms with Gasteiger partial charge in [-0.1, -0.05) is 23.2 Å². The third-order valence-corrected chi connectivity index (χ3v) is 13.6. The van der Waals surface area contributed by atoms with Gasteiger partial charge in [-0.25, -0.2) is 9.59 Å². The fourth-order valence-corrected chi connectivity index (χ4v) is 10.4. The normalized spacial score (nSPS) is 17.7. The number of ether oxygens (including phenoxy) is 7. The van der Waals surface area contributed by atoms with Gasteiger partial charge in [0.2, 0.25) is 0 Å². The third-order valence-electron chi connectivity index (χ3n) is 13.0. The number of pyridine rings is 2. The molecule has 0 bridgehead atoms. The lowest BCUT2D eigenvalue weighted by Crippen LogP contribution is -2.58. The Morgan fingerprint density at radius 3 is 1.56 bits per heavy atom. The predicted molar refractivity (Wildman–Crippen MR) is 253 cm³/mol. The van der Waals surface area contributed by atoms with E-state index in [1.165, 1.54) is 24.5 Å². The minimum Gasteiger partial charge on any atom is -0.492 e. The maximum atomic E-state index is 12.9. The Morgan fingerprint density at radius 2 is 1.12 bits per heavy atom. The van der Waals surface area contributed by atoms with E-state index < -0.39 is 33.9 Å². The quantitative estimate of drug-likeness (QED) is 0.0797. The van der Waals surface area contributed by atoms with Crippen molar-refractivity contribution in [1.82, 2.24) is 9.35 Å². The Kier molecular flexibility index (Phi) is 16.1. The molecule has 2 fully saturated rings. The number of carboxylic acids is 1. The van der Waals surface area contributed by atoms with Crippen molar-refractivity contribution in [3.63, 3.8) is 0 Å². The van der Waals surface area contributed by atoms with Gasteiger partial charge in [0.1, 0.15) is 33.7 Å². The minimum absolute atomic E-state index is 0.115. The molecule has 2 saturated heterocycles. The molecule has 0 saturated carbocycles. The van der Waals surface area contributed by atoms with E-state index in [0.717, 1.165) is 41.5 Å². The molecule has 20 heteroatoms.